The first-order chi connectivity index (χ1) is 12.3. The molecule has 138 valence electrons. The summed E-state index contributed by atoms with van der Waals surface area (Å²) in [4.78, 5) is 22.5. The highest BCUT2D eigenvalue weighted by Crippen LogP contribution is 2.24. The topological polar surface area (TPSA) is 90.7 Å². The lowest BCUT2D eigenvalue weighted by atomic mass is 10.2. The molecule has 0 saturated heterocycles. The highest BCUT2D eigenvalue weighted by molar-refractivity contribution is 5.95. The van der Waals surface area contributed by atoms with Crippen LogP contribution in [0.5, 0.6) is 11.5 Å². The third-order valence-corrected chi connectivity index (χ3v) is 3.04. The number of benzene rings is 2. The molecule has 0 spiro atoms. The van der Waals surface area contributed by atoms with Crippen LogP contribution < -0.4 is 15.8 Å². The summed E-state index contributed by atoms with van der Waals surface area (Å²) >= 11 is 0. The van der Waals surface area contributed by atoms with Gasteiger partial charge in [-0.3, -0.25) is 4.79 Å². The zero-order valence-corrected chi connectivity index (χ0v) is 13.3. The SMILES string of the molecule is N[C@H](COC(=O)C(F)(F)F)C(=O)Nc1cccc(Oc2ccccc2)c1. The first kappa shape index (κ1) is 19.3. The minimum atomic E-state index is -5.14. The Labute approximate surface area is 146 Å². The fourth-order valence-electron chi connectivity index (χ4n) is 1.82. The fraction of sp³-hybridized carbons (Fsp3) is 0.176. The highest BCUT2D eigenvalue weighted by Gasteiger charge is 2.41. The Kier molecular flexibility index (Phi) is 6.18. The second-order valence-electron chi connectivity index (χ2n) is 5.13. The molecule has 1 amide bonds. The molecule has 0 radical (unpaired) electrons. The second-order valence-corrected chi connectivity index (χ2v) is 5.13. The number of anilines is 1. The molecule has 2 rings (SSSR count). The summed E-state index contributed by atoms with van der Waals surface area (Å²) in [5.41, 5.74) is 5.75. The molecule has 2 aromatic carbocycles. The van der Waals surface area contributed by atoms with Gasteiger partial charge in [-0.1, -0.05) is 24.3 Å². The van der Waals surface area contributed by atoms with Crippen LogP contribution in [0.4, 0.5) is 18.9 Å². The molecule has 0 bridgehead atoms. The van der Waals surface area contributed by atoms with Crippen molar-refractivity contribution in [3.05, 3.63) is 54.6 Å². The molecule has 0 aliphatic carbocycles. The van der Waals surface area contributed by atoms with Crippen molar-refractivity contribution in [3.8, 4) is 11.5 Å². The van der Waals surface area contributed by atoms with Crippen molar-refractivity contribution in [2.75, 3.05) is 11.9 Å². The molecule has 2 aromatic rings. The molecule has 6 nitrogen and oxygen atoms in total. The molecule has 0 saturated carbocycles. The van der Waals surface area contributed by atoms with E-state index in [-0.39, 0.29) is 0 Å². The van der Waals surface area contributed by atoms with Gasteiger partial charge in [-0.15, -0.1) is 0 Å². The minimum absolute atomic E-state index is 0.320. The van der Waals surface area contributed by atoms with Crippen LogP contribution in [-0.4, -0.2) is 30.7 Å². The van der Waals surface area contributed by atoms with Gasteiger partial charge in [-0.25, -0.2) is 4.79 Å². The molecule has 26 heavy (non-hydrogen) atoms. The predicted octanol–water partition coefficient (Wildman–Crippen LogP) is 2.85. The van der Waals surface area contributed by atoms with Gasteiger partial charge in [0.15, 0.2) is 0 Å². The maximum atomic E-state index is 12.0. The van der Waals surface area contributed by atoms with E-state index in [4.69, 9.17) is 10.5 Å². The number of ether oxygens (including phenoxy) is 2. The van der Waals surface area contributed by atoms with E-state index >= 15 is 0 Å². The number of esters is 1. The number of rotatable bonds is 6. The summed E-state index contributed by atoms with van der Waals surface area (Å²) in [6, 6.07) is 13.8. The van der Waals surface area contributed by atoms with Crippen molar-refractivity contribution >= 4 is 17.6 Å². The molecule has 0 aliphatic heterocycles. The number of carbonyl (C=O) groups excluding carboxylic acids is 2. The summed E-state index contributed by atoms with van der Waals surface area (Å²) in [7, 11) is 0. The smallest absolute Gasteiger partial charge is 0.457 e. The molecule has 0 aliphatic rings. The summed E-state index contributed by atoms with van der Waals surface area (Å²) in [5, 5.41) is 2.41. The van der Waals surface area contributed by atoms with Gasteiger partial charge in [0.05, 0.1) is 0 Å². The molecule has 3 N–H and O–H groups in total. The summed E-state index contributed by atoms with van der Waals surface area (Å²) in [6.45, 7) is -0.898. The molecule has 0 fully saturated rings. The lowest BCUT2D eigenvalue weighted by molar-refractivity contribution is -0.200. The van der Waals surface area contributed by atoms with Crippen LogP contribution in [0, 0.1) is 0 Å². The molecule has 0 unspecified atom stereocenters. The van der Waals surface area contributed by atoms with E-state index < -0.39 is 30.7 Å². The van der Waals surface area contributed by atoms with Gasteiger partial charge in [0.25, 0.3) is 0 Å². The van der Waals surface area contributed by atoms with Crippen molar-refractivity contribution < 1.29 is 32.2 Å². The van der Waals surface area contributed by atoms with Crippen LogP contribution in [-0.2, 0) is 14.3 Å². The molecule has 9 heteroatoms. The number of nitrogens with two attached hydrogens (primary N) is 1. The number of para-hydroxylation sites is 1. The maximum Gasteiger partial charge on any atom is 0.490 e. The van der Waals surface area contributed by atoms with Crippen molar-refractivity contribution in [2.45, 2.75) is 12.2 Å². The zero-order chi connectivity index (χ0) is 19.2. The van der Waals surface area contributed by atoms with E-state index in [1.165, 1.54) is 6.07 Å². The van der Waals surface area contributed by atoms with E-state index in [0.29, 0.717) is 17.2 Å². The third-order valence-electron chi connectivity index (χ3n) is 3.04. The van der Waals surface area contributed by atoms with Crippen molar-refractivity contribution in [1.82, 2.24) is 0 Å². The van der Waals surface area contributed by atoms with Crippen LogP contribution in [0.3, 0.4) is 0 Å². The third kappa shape index (κ3) is 5.78. The normalized spacial score (nSPS) is 12.2. The molecule has 1 atom stereocenters. The largest absolute Gasteiger partial charge is 0.490 e. The lowest BCUT2D eigenvalue weighted by Gasteiger charge is -2.14. The Bertz CT molecular complexity index is 766. The molecular formula is C17H15F3N2O4. The van der Waals surface area contributed by atoms with Crippen molar-refractivity contribution in [2.24, 2.45) is 5.73 Å². The number of nitrogens with one attached hydrogen (secondary N) is 1. The number of halogens is 3. The van der Waals surface area contributed by atoms with Gasteiger partial charge in [-0.05, 0) is 24.3 Å². The van der Waals surface area contributed by atoms with E-state index in [1.54, 1.807) is 42.5 Å². The average molecular weight is 368 g/mol. The summed E-state index contributed by atoms with van der Waals surface area (Å²) < 4.78 is 45.7. The van der Waals surface area contributed by atoms with Gasteiger partial charge in [0, 0.05) is 11.8 Å². The van der Waals surface area contributed by atoms with Gasteiger partial charge in [-0.2, -0.15) is 13.2 Å². The highest BCUT2D eigenvalue weighted by atomic mass is 19.4. The van der Waals surface area contributed by atoms with Crippen molar-refractivity contribution in [1.29, 1.82) is 0 Å². The van der Waals surface area contributed by atoms with Crippen LogP contribution >= 0.6 is 0 Å². The van der Waals surface area contributed by atoms with E-state index in [0.717, 1.165) is 0 Å². The number of hydrogen-bond acceptors (Lipinski definition) is 5. The predicted molar refractivity (Wildman–Crippen MR) is 86.6 cm³/mol. The van der Waals surface area contributed by atoms with Gasteiger partial charge in [0.2, 0.25) is 5.91 Å². The average Bonchev–Trinajstić information content (AvgIpc) is 2.59. The standard InChI is InChI=1S/C17H15F3N2O4/c18-17(19,20)16(24)25-10-14(21)15(23)22-11-5-4-8-13(9-11)26-12-6-2-1-3-7-12/h1-9,14H,10,21H2,(H,22,23)/t14-/m1/s1. The van der Waals surface area contributed by atoms with Gasteiger partial charge in [0.1, 0.15) is 24.1 Å². The van der Waals surface area contributed by atoms with Crippen molar-refractivity contribution in [3.63, 3.8) is 0 Å². The van der Waals surface area contributed by atoms with Gasteiger partial charge < -0.3 is 20.5 Å². The Morgan fingerprint density at radius 1 is 1.04 bits per heavy atom. The lowest BCUT2D eigenvalue weighted by Crippen LogP contribution is -2.41. The first-order valence-corrected chi connectivity index (χ1v) is 7.39. The van der Waals surface area contributed by atoms with Crippen LogP contribution in [0.25, 0.3) is 0 Å². The molecule has 0 heterocycles. The molecule has 0 aromatic heterocycles. The maximum absolute atomic E-state index is 12.0. The van der Waals surface area contributed by atoms with Gasteiger partial charge >= 0.3 is 12.1 Å². The van der Waals surface area contributed by atoms with Crippen LogP contribution in [0.2, 0.25) is 0 Å². The number of amides is 1. The summed E-state index contributed by atoms with van der Waals surface area (Å²) in [6.07, 6.45) is -5.14. The second kappa shape index (κ2) is 8.34. The molecular weight excluding hydrogens is 353 g/mol. The number of hydrogen-bond donors (Lipinski definition) is 2. The number of carbonyl (C=O) groups is 2. The van der Waals surface area contributed by atoms with Crippen LogP contribution in [0.15, 0.2) is 54.6 Å². The summed E-state index contributed by atoms with van der Waals surface area (Å²) in [5.74, 6) is -2.19. The Hall–Kier alpha value is -3.07. The Morgan fingerprint density at radius 3 is 2.35 bits per heavy atom. The Balaban J connectivity index is 1.92. The fourth-order valence-corrected chi connectivity index (χ4v) is 1.82. The van der Waals surface area contributed by atoms with E-state index in [2.05, 4.69) is 10.1 Å². The monoisotopic (exact) mass is 368 g/mol. The quantitative estimate of drug-likeness (QED) is 0.765. The zero-order valence-electron chi connectivity index (χ0n) is 13.3. The van der Waals surface area contributed by atoms with E-state index in [9.17, 15) is 22.8 Å². The van der Waals surface area contributed by atoms with Crippen LogP contribution in [0.1, 0.15) is 0 Å². The first-order valence-electron chi connectivity index (χ1n) is 7.39. The minimum Gasteiger partial charge on any atom is -0.457 e. The number of alkyl halides is 3. The Morgan fingerprint density at radius 2 is 1.69 bits per heavy atom. The van der Waals surface area contributed by atoms with E-state index in [1.807, 2.05) is 6.07 Å².